The van der Waals surface area contributed by atoms with Crippen LogP contribution in [0.5, 0.6) is 0 Å². The van der Waals surface area contributed by atoms with Crippen LogP contribution in [0.1, 0.15) is 19.8 Å². The Morgan fingerprint density at radius 2 is 2.00 bits per heavy atom. The number of carboxylic acid groups (broad SMARTS) is 1. The SMILES string of the molecule is CC(C(=O)O)N1CCN(C(=O)NC2CCCNC2=O)CC1. The van der Waals surface area contributed by atoms with Gasteiger partial charge in [0, 0.05) is 32.7 Å². The van der Waals surface area contributed by atoms with Crippen LogP contribution in [0.25, 0.3) is 0 Å². The standard InChI is InChI=1S/C13H22N4O4/c1-9(12(19)20)16-5-7-17(8-6-16)13(21)15-10-3-2-4-14-11(10)18/h9-10H,2-8H2,1H3,(H,14,18)(H,15,21)(H,19,20). The van der Waals surface area contributed by atoms with Crippen LogP contribution in [0, 0.1) is 0 Å². The number of carbonyl (C=O) groups is 3. The molecular weight excluding hydrogens is 276 g/mol. The van der Waals surface area contributed by atoms with Gasteiger partial charge in [0.1, 0.15) is 12.1 Å². The number of piperidine rings is 1. The Labute approximate surface area is 123 Å². The van der Waals surface area contributed by atoms with Gasteiger partial charge in [-0.2, -0.15) is 0 Å². The molecule has 0 aliphatic carbocycles. The highest BCUT2D eigenvalue weighted by atomic mass is 16.4. The van der Waals surface area contributed by atoms with E-state index in [9.17, 15) is 14.4 Å². The van der Waals surface area contributed by atoms with Crippen LogP contribution in [0.15, 0.2) is 0 Å². The molecule has 2 saturated heterocycles. The molecule has 0 bridgehead atoms. The summed E-state index contributed by atoms with van der Waals surface area (Å²) in [7, 11) is 0. The Balaban J connectivity index is 1.80. The fourth-order valence-electron chi connectivity index (χ4n) is 2.62. The summed E-state index contributed by atoms with van der Waals surface area (Å²) in [5.74, 6) is -0.987. The molecule has 2 unspecified atom stereocenters. The van der Waals surface area contributed by atoms with Crippen molar-refractivity contribution >= 4 is 17.9 Å². The summed E-state index contributed by atoms with van der Waals surface area (Å²) >= 11 is 0. The van der Waals surface area contributed by atoms with Crippen LogP contribution >= 0.6 is 0 Å². The van der Waals surface area contributed by atoms with E-state index in [1.807, 2.05) is 4.90 Å². The lowest BCUT2D eigenvalue weighted by Gasteiger charge is -2.37. The molecule has 2 rings (SSSR count). The maximum absolute atomic E-state index is 12.1. The van der Waals surface area contributed by atoms with E-state index >= 15 is 0 Å². The second-order valence-electron chi connectivity index (χ2n) is 5.47. The lowest BCUT2D eigenvalue weighted by atomic mass is 10.1. The second-order valence-corrected chi connectivity index (χ2v) is 5.47. The van der Waals surface area contributed by atoms with Crippen molar-refractivity contribution in [2.75, 3.05) is 32.7 Å². The largest absolute Gasteiger partial charge is 0.480 e. The molecule has 2 heterocycles. The van der Waals surface area contributed by atoms with Crippen LogP contribution in [0.2, 0.25) is 0 Å². The minimum Gasteiger partial charge on any atom is -0.480 e. The van der Waals surface area contributed by atoms with E-state index in [1.54, 1.807) is 11.8 Å². The van der Waals surface area contributed by atoms with E-state index < -0.39 is 18.1 Å². The van der Waals surface area contributed by atoms with Gasteiger partial charge >= 0.3 is 12.0 Å². The van der Waals surface area contributed by atoms with E-state index in [1.165, 1.54) is 0 Å². The van der Waals surface area contributed by atoms with Crippen molar-refractivity contribution in [3.8, 4) is 0 Å². The fourth-order valence-corrected chi connectivity index (χ4v) is 2.62. The average Bonchev–Trinajstić information content (AvgIpc) is 2.49. The minimum atomic E-state index is -0.855. The van der Waals surface area contributed by atoms with E-state index in [0.29, 0.717) is 39.1 Å². The molecular formula is C13H22N4O4. The second kappa shape index (κ2) is 6.75. The first-order chi connectivity index (χ1) is 9.99. The van der Waals surface area contributed by atoms with Crippen molar-refractivity contribution in [1.82, 2.24) is 20.4 Å². The molecule has 21 heavy (non-hydrogen) atoms. The predicted molar refractivity (Wildman–Crippen MR) is 74.8 cm³/mol. The third kappa shape index (κ3) is 3.84. The molecule has 3 N–H and O–H groups in total. The summed E-state index contributed by atoms with van der Waals surface area (Å²) in [5, 5.41) is 14.5. The Bertz CT molecular complexity index is 420. The van der Waals surface area contributed by atoms with Gasteiger partial charge in [-0.05, 0) is 19.8 Å². The van der Waals surface area contributed by atoms with Gasteiger partial charge in [0.2, 0.25) is 5.91 Å². The number of amides is 3. The molecule has 8 nitrogen and oxygen atoms in total. The average molecular weight is 298 g/mol. The number of urea groups is 1. The molecule has 0 saturated carbocycles. The zero-order valence-electron chi connectivity index (χ0n) is 12.2. The molecule has 118 valence electrons. The zero-order valence-corrected chi connectivity index (χ0v) is 12.2. The number of nitrogens with one attached hydrogen (secondary N) is 2. The Kier molecular flexibility index (Phi) is 5.00. The maximum atomic E-state index is 12.1. The Hall–Kier alpha value is -1.83. The quantitative estimate of drug-likeness (QED) is 0.624. The first-order valence-corrected chi connectivity index (χ1v) is 7.29. The molecule has 2 aliphatic rings. The van der Waals surface area contributed by atoms with Gasteiger partial charge in [-0.25, -0.2) is 4.79 Å². The summed E-state index contributed by atoms with van der Waals surface area (Å²) in [5.41, 5.74) is 0. The maximum Gasteiger partial charge on any atom is 0.320 e. The van der Waals surface area contributed by atoms with Crippen LogP contribution < -0.4 is 10.6 Å². The molecule has 8 heteroatoms. The van der Waals surface area contributed by atoms with Crippen LogP contribution in [0.3, 0.4) is 0 Å². The van der Waals surface area contributed by atoms with Crippen LogP contribution in [-0.2, 0) is 9.59 Å². The highest BCUT2D eigenvalue weighted by Crippen LogP contribution is 2.08. The number of hydrogen-bond acceptors (Lipinski definition) is 4. The van der Waals surface area contributed by atoms with Gasteiger partial charge in [-0.3, -0.25) is 14.5 Å². The number of nitrogens with zero attached hydrogens (tertiary/aromatic N) is 2. The third-order valence-electron chi connectivity index (χ3n) is 4.09. The van der Waals surface area contributed by atoms with Gasteiger partial charge in [0.15, 0.2) is 0 Å². The zero-order chi connectivity index (χ0) is 15.4. The van der Waals surface area contributed by atoms with Crippen molar-refractivity contribution in [2.45, 2.75) is 31.8 Å². The molecule has 2 fully saturated rings. The van der Waals surface area contributed by atoms with E-state index in [-0.39, 0.29) is 11.9 Å². The highest BCUT2D eigenvalue weighted by Gasteiger charge is 2.29. The van der Waals surface area contributed by atoms with Crippen molar-refractivity contribution in [3.05, 3.63) is 0 Å². The topological polar surface area (TPSA) is 102 Å². The monoisotopic (exact) mass is 298 g/mol. The number of hydrogen-bond donors (Lipinski definition) is 3. The molecule has 3 amide bonds. The van der Waals surface area contributed by atoms with Gasteiger partial charge in [0.05, 0.1) is 0 Å². The van der Waals surface area contributed by atoms with Crippen molar-refractivity contribution in [3.63, 3.8) is 0 Å². The Morgan fingerprint density at radius 1 is 1.33 bits per heavy atom. The normalized spacial score (nSPS) is 25.1. The lowest BCUT2D eigenvalue weighted by Crippen LogP contribution is -2.58. The highest BCUT2D eigenvalue weighted by molar-refractivity contribution is 5.87. The fraction of sp³-hybridized carbons (Fsp3) is 0.769. The summed E-state index contributed by atoms with van der Waals surface area (Å²) in [4.78, 5) is 38.1. The van der Waals surface area contributed by atoms with Crippen molar-refractivity contribution < 1.29 is 19.5 Å². The first kappa shape index (κ1) is 15.6. The summed E-state index contributed by atoms with van der Waals surface area (Å²) in [6, 6.07) is -1.25. The van der Waals surface area contributed by atoms with E-state index in [0.717, 1.165) is 6.42 Å². The summed E-state index contributed by atoms with van der Waals surface area (Å²) in [6.07, 6.45) is 1.52. The van der Waals surface area contributed by atoms with Gasteiger partial charge in [-0.1, -0.05) is 0 Å². The molecule has 0 aromatic carbocycles. The molecule has 0 aromatic heterocycles. The summed E-state index contributed by atoms with van der Waals surface area (Å²) < 4.78 is 0. The van der Waals surface area contributed by atoms with Crippen LogP contribution in [0.4, 0.5) is 4.79 Å². The van der Waals surface area contributed by atoms with Crippen molar-refractivity contribution in [2.24, 2.45) is 0 Å². The van der Waals surface area contributed by atoms with E-state index in [2.05, 4.69) is 10.6 Å². The minimum absolute atomic E-state index is 0.132. The smallest absolute Gasteiger partial charge is 0.320 e. The van der Waals surface area contributed by atoms with E-state index in [4.69, 9.17) is 5.11 Å². The molecule has 0 aromatic rings. The number of carboxylic acids is 1. The number of carbonyl (C=O) groups excluding carboxylic acids is 2. The Morgan fingerprint density at radius 3 is 2.57 bits per heavy atom. The van der Waals surface area contributed by atoms with Gasteiger partial charge < -0.3 is 20.6 Å². The summed E-state index contributed by atoms with van der Waals surface area (Å²) in [6.45, 7) is 4.30. The first-order valence-electron chi connectivity index (χ1n) is 7.29. The molecule has 0 radical (unpaired) electrons. The molecule has 2 atom stereocenters. The predicted octanol–water partition coefficient (Wildman–Crippen LogP) is -0.935. The molecule has 2 aliphatic heterocycles. The molecule has 0 spiro atoms. The lowest BCUT2D eigenvalue weighted by molar-refractivity contribution is -0.143. The van der Waals surface area contributed by atoms with Gasteiger partial charge in [0.25, 0.3) is 0 Å². The number of rotatable bonds is 3. The number of piperazine rings is 1. The third-order valence-corrected chi connectivity index (χ3v) is 4.09. The van der Waals surface area contributed by atoms with Gasteiger partial charge in [-0.15, -0.1) is 0 Å². The van der Waals surface area contributed by atoms with Crippen molar-refractivity contribution in [1.29, 1.82) is 0 Å². The number of aliphatic carboxylic acids is 1. The van der Waals surface area contributed by atoms with Crippen LogP contribution in [-0.4, -0.2) is 77.6 Å².